The summed E-state index contributed by atoms with van der Waals surface area (Å²) in [7, 11) is 0. The lowest BCUT2D eigenvalue weighted by atomic mass is 9.86. The molecule has 0 unspecified atom stereocenters. The molecule has 5 rings (SSSR count). The van der Waals surface area contributed by atoms with Gasteiger partial charge in [0.15, 0.2) is 0 Å². The Balaban J connectivity index is 1.62. The van der Waals surface area contributed by atoms with Gasteiger partial charge in [-0.1, -0.05) is 81.7 Å². The maximum atomic E-state index is 13.6. The summed E-state index contributed by atoms with van der Waals surface area (Å²) in [5, 5.41) is -0.119. The molecular formula is C25H14Cl6N2O4. The highest BCUT2D eigenvalue weighted by Crippen LogP contribution is 2.49. The molecule has 0 radical (unpaired) electrons. The minimum absolute atomic E-state index is 0.159. The van der Waals surface area contributed by atoms with E-state index >= 15 is 0 Å². The molecule has 2 heterocycles. The van der Waals surface area contributed by atoms with Crippen molar-refractivity contribution in [2.24, 2.45) is 0 Å². The van der Waals surface area contributed by atoms with Crippen molar-refractivity contribution in [3.63, 3.8) is 0 Å². The van der Waals surface area contributed by atoms with Gasteiger partial charge in [-0.25, -0.2) is 0 Å². The lowest BCUT2D eigenvalue weighted by Gasteiger charge is -2.49. The number of carbonyl (C=O) groups excluding carboxylic acids is 3. The average Bonchev–Trinajstić information content (AvgIpc) is 3.10. The largest absolute Gasteiger partial charge is 0.494 e. The Morgan fingerprint density at radius 3 is 1.70 bits per heavy atom. The lowest BCUT2D eigenvalue weighted by molar-refractivity contribution is -0.130. The molecule has 1 saturated heterocycles. The molecule has 6 nitrogen and oxygen atoms in total. The van der Waals surface area contributed by atoms with E-state index in [2.05, 4.69) is 0 Å². The number of β-lactam (4-membered cyclic amide) rings is 1. The van der Waals surface area contributed by atoms with Crippen molar-refractivity contribution in [3.05, 3.63) is 89.3 Å². The standard InChI is InChI=1S/C25H14Cl6N2O4/c1-2-37-14-5-3-10(4-6-14)21-22(25(36)32(21)13-8-11(26)7-12(27)9-13)33-23(34)15-16(24(33)35)18(29)20(31)19(30)17(15)28/h3-9,21-22H,2H2,1H3/t21-,22+/m0/s1. The van der Waals surface area contributed by atoms with Crippen molar-refractivity contribution >= 4 is 93.0 Å². The predicted molar refractivity (Wildman–Crippen MR) is 145 cm³/mol. The van der Waals surface area contributed by atoms with Crippen molar-refractivity contribution < 1.29 is 19.1 Å². The van der Waals surface area contributed by atoms with E-state index in [1.54, 1.807) is 36.4 Å². The summed E-state index contributed by atoms with van der Waals surface area (Å²) in [6.45, 7) is 2.33. The molecule has 2 aliphatic heterocycles. The third kappa shape index (κ3) is 4.15. The molecule has 37 heavy (non-hydrogen) atoms. The van der Waals surface area contributed by atoms with Gasteiger partial charge >= 0.3 is 0 Å². The molecular weight excluding hydrogens is 605 g/mol. The van der Waals surface area contributed by atoms with Gasteiger partial charge in [0.2, 0.25) is 0 Å². The second kappa shape index (κ2) is 9.84. The molecule has 3 aromatic rings. The summed E-state index contributed by atoms with van der Waals surface area (Å²) in [5.74, 6) is -1.52. The number of amides is 3. The van der Waals surface area contributed by atoms with Crippen molar-refractivity contribution in [2.45, 2.75) is 19.0 Å². The van der Waals surface area contributed by atoms with Gasteiger partial charge in [0, 0.05) is 15.7 Å². The molecule has 2 atom stereocenters. The van der Waals surface area contributed by atoms with Gasteiger partial charge in [-0.05, 0) is 42.8 Å². The first-order chi connectivity index (χ1) is 17.6. The van der Waals surface area contributed by atoms with Crippen molar-refractivity contribution in [2.75, 3.05) is 11.5 Å². The quantitative estimate of drug-likeness (QED) is 0.127. The Hall–Kier alpha value is -2.19. The fraction of sp³-hybridized carbons (Fsp3) is 0.160. The SMILES string of the molecule is CCOc1ccc([C@H]2[C@@H](N3C(=O)c4c(Cl)c(Cl)c(Cl)c(Cl)c4C3=O)C(=O)N2c2cc(Cl)cc(Cl)c2)cc1. The number of anilines is 1. The second-order valence-electron chi connectivity index (χ2n) is 8.21. The number of rotatable bonds is 5. The summed E-state index contributed by atoms with van der Waals surface area (Å²) in [5.41, 5.74) is 0.632. The minimum atomic E-state index is -1.22. The zero-order valence-corrected chi connectivity index (χ0v) is 23.2. The Morgan fingerprint density at radius 2 is 1.22 bits per heavy atom. The summed E-state index contributed by atoms with van der Waals surface area (Å²) >= 11 is 37.2. The average molecular weight is 619 g/mol. The van der Waals surface area contributed by atoms with Crippen LogP contribution < -0.4 is 9.64 Å². The van der Waals surface area contributed by atoms with Gasteiger partial charge in [0.25, 0.3) is 17.7 Å². The number of carbonyl (C=O) groups is 3. The first-order valence-corrected chi connectivity index (χ1v) is 13.1. The number of halogens is 6. The number of nitrogens with zero attached hydrogens (tertiary/aromatic N) is 2. The second-order valence-corrected chi connectivity index (χ2v) is 10.6. The molecule has 2 aliphatic rings. The van der Waals surface area contributed by atoms with E-state index in [0.29, 0.717) is 33.7 Å². The number of hydrogen-bond acceptors (Lipinski definition) is 4. The van der Waals surface area contributed by atoms with E-state index in [1.807, 2.05) is 6.92 Å². The van der Waals surface area contributed by atoms with E-state index in [1.165, 1.54) is 11.0 Å². The van der Waals surface area contributed by atoms with Crippen LogP contribution in [-0.4, -0.2) is 35.3 Å². The molecule has 1 fully saturated rings. The first-order valence-electron chi connectivity index (χ1n) is 10.8. The molecule has 0 spiro atoms. The van der Waals surface area contributed by atoms with Crippen molar-refractivity contribution in [1.29, 1.82) is 0 Å². The Kier molecular flexibility index (Phi) is 7.03. The van der Waals surface area contributed by atoms with Gasteiger partial charge in [0.05, 0.1) is 43.9 Å². The molecule has 0 aliphatic carbocycles. The topological polar surface area (TPSA) is 66.9 Å². The van der Waals surface area contributed by atoms with Gasteiger partial charge in [-0.3, -0.25) is 19.3 Å². The number of hydrogen-bond donors (Lipinski definition) is 0. The number of benzene rings is 3. The van der Waals surface area contributed by atoms with E-state index in [0.717, 1.165) is 4.90 Å². The highest BCUT2D eigenvalue weighted by molar-refractivity contribution is 6.55. The Morgan fingerprint density at radius 1 is 0.703 bits per heavy atom. The fourth-order valence-corrected chi connectivity index (χ4v) is 6.10. The lowest BCUT2D eigenvalue weighted by Crippen LogP contribution is -2.67. The summed E-state index contributed by atoms with van der Waals surface area (Å²) in [6, 6.07) is 9.64. The van der Waals surface area contributed by atoms with Crippen LogP contribution in [0.2, 0.25) is 30.1 Å². The van der Waals surface area contributed by atoms with Crippen LogP contribution in [0.4, 0.5) is 5.69 Å². The van der Waals surface area contributed by atoms with E-state index in [4.69, 9.17) is 74.3 Å². The molecule has 0 aromatic heterocycles. The van der Waals surface area contributed by atoms with Crippen LogP contribution in [0.3, 0.4) is 0 Å². The van der Waals surface area contributed by atoms with Crippen LogP contribution in [0, 0.1) is 0 Å². The molecule has 190 valence electrons. The fourth-order valence-electron chi connectivity index (χ4n) is 4.57. The van der Waals surface area contributed by atoms with Crippen LogP contribution >= 0.6 is 69.6 Å². The van der Waals surface area contributed by atoms with Crippen LogP contribution in [0.25, 0.3) is 0 Å². The molecule has 12 heteroatoms. The highest BCUT2D eigenvalue weighted by Gasteiger charge is 2.58. The predicted octanol–water partition coefficient (Wildman–Crippen LogP) is 7.76. The number of ether oxygens (including phenoxy) is 1. The molecule has 0 saturated carbocycles. The van der Waals surface area contributed by atoms with Gasteiger partial charge in [-0.15, -0.1) is 0 Å². The van der Waals surface area contributed by atoms with Crippen LogP contribution in [0.1, 0.15) is 39.2 Å². The van der Waals surface area contributed by atoms with Crippen LogP contribution in [0.5, 0.6) is 5.75 Å². The molecule has 0 N–H and O–H groups in total. The maximum absolute atomic E-state index is 13.6. The summed E-state index contributed by atoms with van der Waals surface area (Å²) < 4.78 is 5.52. The normalized spacial score (nSPS) is 18.8. The van der Waals surface area contributed by atoms with E-state index in [-0.39, 0.29) is 31.2 Å². The smallest absolute Gasteiger partial charge is 0.264 e. The minimum Gasteiger partial charge on any atom is -0.494 e. The zero-order valence-electron chi connectivity index (χ0n) is 18.7. The van der Waals surface area contributed by atoms with Crippen molar-refractivity contribution in [1.82, 2.24) is 4.90 Å². The monoisotopic (exact) mass is 616 g/mol. The third-order valence-corrected chi connectivity index (χ3v) is 8.37. The van der Waals surface area contributed by atoms with Crippen molar-refractivity contribution in [3.8, 4) is 5.75 Å². The summed E-state index contributed by atoms with van der Waals surface area (Å²) in [6.07, 6.45) is 0. The number of imide groups is 1. The van der Waals surface area contributed by atoms with Crippen LogP contribution in [-0.2, 0) is 4.79 Å². The molecule has 0 bridgehead atoms. The number of fused-ring (bicyclic) bond motifs is 1. The Bertz CT molecular complexity index is 1430. The third-order valence-electron chi connectivity index (χ3n) is 6.14. The molecule has 3 aromatic carbocycles. The maximum Gasteiger partial charge on any atom is 0.264 e. The zero-order chi connectivity index (χ0) is 26.8. The van der Waals surface area contributed by atoms with Crippen LogP contribution in [0.15, 0.2) is 42.5 Å². The van der Waals surface area contributed by atoms with E-state index < -0.39 is 29.8 Å². The summed E-state index contributed by atoms with van der Waals surface area (Å²) in [4.78, 5) is 42.9. The van der Waals surface area contributed by atoms with Gasteiger partial charge < -0.3 is 9.64 Å². The van der Waals surface area contributed by atoms with Gasteiger partial charge in [-0.2, -0.15) is 0 Å². The highest BCUT2D eigenvalue weighted by atomic mass is 35.5. The van der Waals surface area contributed by atoms with Gasteiger partial charge in [0.1, 0.15) is 11.8 Å². The van der Waals surface area contributed by atoms with E-state index in [9.17, 15) is 14.4 Å². The Labute approximate surface area is 241 Å². The molecule has 3 amide bonds. The first kappa shape index (κ1) is 26.4.